The van der Waals surface area contributed by atoms with Crippen molar-refractivity contribution in [1.29, 1.82) is 0 Å². The topological polar surface area (TPSA) is 68.0 Å². The van der Waals surface area contributed by atoms with Crippen molar-refractivity contribution in [3.05, 3.63) is 72.3 Å². The molecule has 0 aliphatic rings. The molecule has 27 heavy (non-hydrogen) atoms. The van der Waals surface area contributed by atoms with Crippen molar-refractivity contribution in [3.63, 3.8) is 0 Å². The van der Waals surface area contributed by atoms with E-state index in [1.54, 1.807) is 23.0 Å². The summed E-state index contributed by atoms with van der Waals surface area (Å²) in [5.41, 5.74) is 5.34. The van der Waals surface area contributed by atoms with Gasteiger partial charge in [0.05, 0.1) is 17.3 Å². The van der Waals surface area contributed by atoms with E-state index >= 15 is 0 Å². The lowest BCUT2D eigenvalue weighted by molar-refractivity contribution is 0.628. The van der Waals surface area contributed by atoms with E-state index in [-0.39, 0.29) is 5.82 Å². The molecule has 0 atom stereocenters. The molecular formula is C19H15FN6S. The molecule has 0 saturated heterocycles. The predicted octanol–water partition coefficient (Wildman–Crippen LogP) is 4.12. The van der Waals surface area contributed by atoms with Gasteiger partial charge >= 0.3 is 0 Å². The molecule has 6 nitrogen and oxygen atoms in total. The number of hydrazone groups is 1. The van der Waals surface area contributed by atoms with Crippen LogP contribution in [0.5, 0.6) is 0 Å². The van der Waals surface area contributed by atoms with E-state index in [2.05, 4.69) is 25.6 Å². The third-order valence-electron chi connectivity index (χ3n) is 3.88. The Morgan fingerprint density at radius 3 is 2.59 bits per heavy atom. The zero-order valence-electron chi connectivity index (χ0n) is 14.4. The lowest BCUT2D eigenvalue weighted by Crippen LogP contribution is -1.99. The van der Waals surface area contributed by atoms with Crippen LogP contribution >= 0.6 is 11.8 Å². The molecule has 4 aromatic rings. The SMILES string of the molecule is CSc1nn(-c2ccccc2)c2ncnc(N/N=C/c3ccc(F)cc3)c12. The number of fused-ring (bicyclic) bond motifs is 1. The molecule has 0 bridgehead atoms. The first-order valence-corrected chi connectivity index (χ1v) is 9.36. The van der Waals surface area contributed by atoms with Gasteiger partial charge in [-0.05, 0) is 36.1 Å². The van der Waals surface area contributed by atoms with Crippen molar-refractivity contribution >= 4 is 34.8 Å². The summed E-state index contributed by atoms with van der Waals surface area (Å²) in [6, 6.07) is 15.9. The van der Waals surface area contributed by atoms with Gasteiger partial charge in [-0.3, -0.25) is 5.43 Å². The highest BCUT2D eigenvalue weighted by atomic mass is 32.2. The van der Waals surface area contributed by atoms with Crippen LogP contribution in [0.25, 0.3) is 16.7 Å². The summed E-state index contributed by atoms with van der Waals surface area (Å²) in [6.45, 7) is 0. The number of halogens is 1. The number of hydrogen-bond donors (Lipinski definition) is 1. The molecule has 0 unspecified atom stereocenters. The number of para-hydroxylation sites is 1. The number of aromatic nitrogens is 4. The van der Waals surface area contributed by atoms with E-state index in [4.69, 9.17) is 0 Å². The molecule has 2 aromatic heterocycles. The smallest absolute Gasteiger partial charge is 0.169 e. The Morgan fingerprint density at radius 1 is 1.07 bits per heavy atom. The molecule has 134 valence electrons. The first-order chi connectivity index (χ1) is 13.3. The van der Waals surface area contributed by atoms with Crippen LogP contribution in [0.4, 0.5) is 10.2 Å². The Bertz CT molecular complexity index is 1090. The summed E-state index contributed by atoms with van der Waals surface area (Å²) in [7, 11) is 0. The van der Waals surface area contributed by atoms with E-state index in [0.29, 0.717) is 11.5 Å². The van der Waals surface area contributed by atoms with Crippen LogP contribution in [0.2, 0.25) is 0 Å². The zero-order valence-corrected chi connectivity index (χ0v) is 15.2. The summed E-state index contributed by atoms with van der Waals surface area (Å²) in [6.07, 6.45) is 5.03. The van der Waals surface area contributed by atoms with Gasteiger partial charge in [0.25, 0.3) is 0 Å². The molecule has 2 aromatic carbocycles. The average Bonchev–Trinajstić information content (AvgIpc) is 3.10. The van der Waals surface area contributed by atoms with Crippen molar-refractivity contribution in [2.75, 3.05) is 11.7 Å². The Hall–Kier alpha value is -3.26. The van der Waals surface area contributed by atoms with Crippen LogP contribution in [-0.4, -0.2) is 32.2 Å². The van der Waals surface area contributed by atoms with Gasteiger partial charge in [-0.1, -0.05) is 30.3 Å². The Kier molecular flexibility index (Phi) is 4.80. The maximum Gasteiger partial charge on any atom is 0.169 e. The van der Waals surface area contributed by atoms with Gasteiger partial charge in [-0.25, -0.2) is 19.0 Å². The van der Waals surface area contributed by atoms with Gasteiger partial charge in [0.2, 0.25) is 0 Å². The molecule has 0 aliphatic carbocycles. The average molecular weight is 378 g/mol. The minimum atomic E-state index is -0.282. The number of rotatable bonds is 5. The highest BCUT2D eigenvalue weighted by molar-refractivity contribution is 7.98. The van der Waals surface area contributed by atoms with Gasteiger partial charge < -0.3 is 0 Å². The van der Waals surface area contributed by atoms with Crippen molar-refractivity contribution in [2.45, 2.75) is 5.03 Å². The van der Waals surface area contributed by atoms with Gasteiger partial charge in [-0.15, -0.1) is 11.8 Å². The van der Waals surface area contributed by atoms with Crippen molar-refractivity contribution in [2.24, 2.45) is 5.10 Å². The van der Waals surface area contributed by atoms with Crippen molar-refractivity contribution in [3.8, 4) is 5.69 Å². The molecule has 0 amide bonds. The van der Waals surface area contributed by atoms with E-state index in [1.807, 2.05) is 36.6 Å². The highest BCUT2D eigenvalue weighted by Crippen LogP contribution is 2.30. The fraction of sp³-hybridized carbons (Fsp3) is 0.0526. The molecule has 0 saturated carbocycles. The van der Waals surface area contributed by atoms with Crippen LogP contribution in [0.1, 0.15) is 5.56 Å². The fourth-order valence-electron chi connectivity index (χ4n) is 2.62. The van der Waals surface area contributed by atoms with E-state index in [1.165, 1.54) is 30.2 Å². The second-order valence-corrected chi connectivity index (χ2v) is 6.39. The Labute approximate surface area is 159 Å². The maximum absolute atomic E-state index is 13.0. The van der Waals surface area contributed by atoms with Crippen LogP contribution < -0.4 is 5.43 Å². The van der Waals surface area contributed by atoms with Crippen molar-refractivity contribution < 1.29 is 4.39 Å². The number of nitrogens with zero attached hydrogens (tertiary/aromatic N) is 5. The number of hydrogen-bond acceptors (Lipinski definition) is 6. The number of thioether (sulfide) groups is 1. The second-order valence-electron chi connectivity index (χ2n) is 5.60. The first kappa shape index (κ1) is 17.2. The maximum atomic E-state index is 13.0. The summed E-state index contributed by atoms with van der Waals surface area (Å²) < 4.78 is 14.8. The molecule has 8 heteroatoms. The molecule has 1 N–H and O–H groups in total. The second kappa shape index (κ2) is 7.55. The lowest BCUT2D eigenvalue weighted by Gasteiger charge is -2.03. The van der Waals surface area contributed by atoms with E-state index < -0.39 is 0 Å². The molecule has 0 spiro atoms. The van der Waals surface area contributed by atoms with Crippen molar-refractivity contribution in [1.82, 2.24) is 19.7 Å². The Morgan fingerprint density at radius 2 is 1.85 bits per heavy atom. The quantitative estimate of drug-likeness (QED) is 0.321. The molecule has 0 aliphatic heterocycles. The van der Waals surface area contributed by atoms with Gasteiger partial charge in [0, 0.05) is 0 Å². The lowest BCUT2D eigenvalue weighted by atomic mass is 10.2. The van der Waals surface area contributed by atoms with Gasteiger partial charge in [0.15, 0.2) is 11.5 Å². The largest absolute Gasteiger partial charge is 0.261 e. The van der Waals surface area contributed by atoms with Gasteiger partial charge in [-0.2, -0.15) is 10.2 Å². The van der Waals surface area contributed by atoms with Gasteiger partial charge in [0.1, 0.15) is 17.2 Å². The van der Waals surface area contributed by atoms with Crippen LogP contribution in [0, 0.1) is 5.82 Å². The monoisotopic (exact) mass is 378 g/mol. The highest BCUT2D eigenvalue weighted by Gasteiger charge is 2.17. The third kappa shape index (κ3) is 3.52. The molecule has 2 heterocycles. The molecule has 0 fully saturated rings. The van der Waals surface area contributed by atoms with Crippen LogP contribution in [-0.2, 0) is 0 Å². The fourth-order valence-corrected chi connectivity index (χ4v) is 3.17. The molecular weight excluding hydrogens is 363 g/mol. The molecule has 4 rings (SSSR count). The number of nitrogens with one attached hydrogen (secondary N) is 1. The standard InChI is InChI=1S/C19H15FN6S/c1-27-19-16-17(24-23-11-13-7-9-14(20)10-8-13)21-12-22-18(16)26(25-19)15-5-3-2-4-6-15/h2-12H,1H3,(H,21,22,24)/b23-11+. The normalized spacial score (nSPS) is 11.3. The zero-order chi connectivity index (χ0) is 18.6. The number of benzene rings is 2. The predicted molar refractivity (Wildman–Crippen MR) is 106 cm³/mol. The van der Waals surface area contributed by atoms with E-state index in [0.717, 1.165) is 21.7 Å². The summed E-state index contributed by atoms with van der Waals surface area (Å²) >= 11 is 1.51. The van der Waals surface area contributed by atoms with Crippen LogP contribution in [0.3, 0.4) is 0 Å². The minimum Gasteiger partial charge on any atom is -0.261 e. The molecule has 0 radical (unpaired) electrons. The number of anilines is 1. The first-order valence-electron chi connectivity index (χ1n) is 8.14. The minimum absolute atomic E-state index is 0.282. The van der Waals surface area contributed by atoms with Crippen LogP contribution in [0.15, 0.2) is 71.1 Å². The third-order valence-corrected chi connectivity index (χ3v) is 4.55. The summed E-state index contributed by atoms with van der Waals surface area (Å²) in [5, 5.41) is 10.5. The Balaban J connectivity index is 1.71. The summed E-state index contributed by atoms with van der Waals surface area (Å²) in [5.74, 6) is 0.278. The van der Waals surface area contributed by atoms with E-state index in [9.17, 15) is 4.39 Å². The summed E-state index contributed by atoms with van der Waals surface area (Å²) in [4.78, 5) is 8.71.